The second kappa shape index (κ2) is 8.37. The number of halogens is 1. The van der Waals surface area contributed by atoms with Gasteiger partial charge in [-0.15, -0.1) is 0 Å². The molecule has 1 atom stereocenters. The van der Waals surface area contributed by atoms with E-state index in [1.165, 1.54) is 28.9 Å². The third-order valence-electron chi connectivity index (χ3n) is 5.52. The molecular formula is C24H24FN5O2. The number of fused-ring (bicyclic) bond motifs is 1. The molecule has 1 unspecified atom stereocenters. The molecule has 0 spiro atoms. The first-order valence-corrected chi connectivity index (χ1v) is 10.4. The lowest BCUT2D eigenvalue weighted by atomic mass is 10.1. The van der Waals surface area contributed by atoms with E-state index in [2.05, 4.69) is 15.5 Å². The number of carbonyl (C=O) groups is 1. The Balaban J connectivity index is 1.77. The van der Waals surface area contributed by atoms with Crippen molar-refractivity contribution in [2.24, 2.45) is 0 Å². The maximum Gasteiger partial charge on any atom is 0.295 e. The minimum atomic E-state index is -0.833. The fraction of sp³-hybridized carbons (Fsp3) is 0.250. The average Bonchev–Trinajstić information content (AvgIpc) is 3.12. The summed E-state index contributed by atoms with van der Waals surface area (Å²) < 4.78 is 16.1. The molecule has 0 saturated carbocycles. The van der Waals surface area contributed by atoms with E-state index in [1.54, 1.807) is 18.5 Å². The smallest absolute Gasteiger partial charge is 0.295 e. The maximum absolute atomic E-state index is 13.3. The van der Waals surface area contributed by atoms with Gasteiger partial charge in [0.1, 0.15) is 11.9 Å². The molecule has 164 valence electrons. The number of amides is 1. The van der Waals surface area contributed by atoms with Crippen molar-refractivity contribution in [2.45, 2.75) is 40.2 Å². The first-order valence-electron chi connectivity index (χ1n) is 10.4. The monoisotopic (exact) mass is 433 g/mol. The lowest BCUT2D eigenvalue weighted by molar-refractivity contribution is -0.119. The summed E-state index contributed by atoms with van der Waals surface area (Å²) in [5.41, 5.74) is 3.67. The number of rotatable bonds is 5. The van der Waals surface area contributed by atoms with E-state index in [9.17, 15) is 14.0 Å². The highest BCUT2D eigenvalue weighted by Crippen LogP contribution is 2.23. The third-order valence-corrected chi connectivity index (χ3v) is 5.52. The van der Waals surface area contributed by atoms with E-state index in [0.29, 0.717) is 23.2 Å². The highest BCUT2D eigenvalue weighted by Gasteiger charge is 2.25. The Morgan fingerprint density at radius 1 is 1.03 bits per heavy atom. The van der Waals surface area contributed by atoms with Crippen LogP contribution in [0.4, 0.5) is 10.1 Å². The average molecular weight is 433 g/mol. The van der Waals surface area contributed by atoms with Crippen LogP contribution in [0, 0.1) is 26.6 Å². The van der Waals surface area contributed by atoms with Crippen molar-refractivity contribution in [1.82, 2.24) is 19.6 Å². The molecule has 2 heterocycles. The summed E-state index contributed by atoms with van der Waals surface area (Å²) in [5.74, 6) is -0.796. The van der Waals surface area contributed by atoms with E-state index >= 15 is 0 Å². The molecule has 0 radical (unpaired) electrons. The zero-order valence-electron chi connectivity index (χ0n) is 18.4. The second-order valence-corrected chi connectivity index (χ2v) is 7.81. The number of hydrogen-bond donors (Lipinski definition) is 1. The Bertz CT molecular complexity index is 1350. The Morgan fingerprint density at radius 2 is 1.69 bits per heavy atom. The lowest BCUT2D eigenvalue weighted by Crippen LogP contribution is -2.35. The van der Waals surface area contributed by atoms with Crippen molar-refractivity contribution in [3.05, 3.63) is 81.7 Å². The highest BCUT2D eigenvalue weighted by molar-refractivity contribution is 5.94. The summed E-state index contributed by atoms with van der Waals surface area (Å²) in [6.45, 7) is 7.51. The van der Waals surface area contributed by atoms with E-state index in [-0.39, 0.29) is 5.52 Å². The fourth-order valence-corrected chi connectivity index (χ4v) is 3.83. The molecule has 0 bridgehead atoms. The van der Waals surface area contributed by atoms with Crippen molar-refractivity contribution in [1.29, 1.82) is 0 Å². The quantitative estimate of drug-likeness (QED) is 0.511. The second-order valence-electron chi connectivity index (χ2n) is 7.81. The van der Waals surface area contributed by atoms with Crippen LogP contribution in [0.25, 0.3) is 16.6 Å². The molecule has 32 heavy (non-hydrogen) atoms. The van der Waals surface area contributed by atoms with Gasteiger partial charge < -0.3 is 5.32 Å². The van der Waals surface area contributed by atoms with Crippen LogP contribution in [0.5, 0.6) is 0 Å². The van der Waals surface area contributed by atoms with Crippen molar-refractivity contribution < 1.29 is 9.18 Å². The Hall–Kier alpha value is -3.81. The van der Waals surface area contributed by atoms with Crippen LogP contribution >= 0.6 is 0 Å². The first kappa shape index (κ1) is 21.4. The Kier molecular flexibility index (Phi) is 5.61. The predicted molar refractivity (Wildman–Crippen MR) is 122 cm³/mol. The molecule has 7 nitrogen and oxygen atoms in total. The Morgan fingerprint density at radius 3 is 2.31 bits per heavy atom. The summed E-state index contributed by atoms with van der Waals surface area (Å²) in [4.78, 5) is 26.3. The minimum absolute atomic E-state index is 0.267. The molecule has 0 aliphatic carbocycles. The van der Waals surface area contributed by atoms with Crippen LogP contribution in [0.1, 0.15) is 36.3 Å². The topological polar surface area (TPSA) is 81.8 Å². The molecular weight excluding hydrogens is 409 g/mol. The normalized spacial score (nSPS) is 12.2. The number of nitrogens with one attached hydrogen (secondary N) is 1. The van der Waals surface area contributed by atoms with Gasteiger partial charge >= 0.3 is 0 Å². The third kappa shape index (κ3) is 3.79. The van der Waals surface area contributed by atoms with Crippen LogP contribution in [0.3, 0.4) is 0 Å². The fourth-order valence-electron chi connectivity index (χ4n) is 3.83. The van der Waals surface area contributed by atoms with Crippen LogP contribution in [0.2, 0.25) is 0 Å². The van der Waals surface area contributed by atoms with Crippen LogP contribution in [-0.4, -0.2) is 25.5 Å². The summed E-state index contributed by atoms with van der Waals surface area (Å²) in [5, 5.41) is 12.4. The van der Waals surface area contributed by atoms with Crippen LogP contribution in [0.15, 0.2) is 53.3 Å². The number of carbonyl (C=O) groups excluding carboxylic acids is 1. The zero-order chi connectivity index (χ0) is 23.0. The molecule has 1 N–H and O–H groups in total. The van der Waals surface area contributed by atoms with Gasteiger partial charge in [-0.05, 0) is 63.6 Å². The standard InChI is InChI=1S/C24H24FN5O2/c1-5-20(23(31)26-18-10-8-17(25)9-11-18)30-24(32)22-21(15(3)27-30)16(4)29(28-22)19-12-6-14(2)7-13-19/h6-13,20H,5H2,1-4H3,(H,26,31). The number of anilines is 1. The van der Waals surface area contributed by atoms with Gasteiger partial charge in [0.05, 0.1) is 22.5 Å². The minimum Gasteiger partial charge on any atom is -0.324 e. The number of aryl methyl sites for hydroxylation is 3. The van der Waals surface area contributed by atoms with E-state index in [1.807, 2.05) is 38.1 Å². The van der Waals surface area contributed by atoms with E-state index < -0.39 is 23.3 Å². The highest BCUT2D eigenvalue weighted by atomic mass is 19.1. The van der Waals surface area contributed by atoms with Gasteiger partial charge in [0.2, 0.25) is 5.91 Å². The van der Waals surface area contributed by atoms with Gasteiger partial charge in [-0.1, -0.05) is 24.6 Å². The van der Waals surface area contributed by atoms with E-state index in [0.717, 1.165) is 16.9 Å². The summed E-state index contributed by atoms with van der Waals surface area (Å²) in [7, 11) is 0. The molecule has 1 amide bonds. The largest absolute Gasteiger partial charge is 0.324 e. The molecule has 8 heteroatoms. The van der Waals surface area contributed by atoms with Crippen molar-refractivity contribution in [3.8, 4) is 5.69 Å². The van der Waals surface area contributed by atoms with Gasteiger partial charge in [0.25, 0.3) is 5.56 Å². The molecule has 2 aromatic carbocycles. The van der Waals surface area contributed by atoms with Crippen molar-refractivity contribution in [2.75, 3.05) is 5.32 Å². The van der Waals surface area contributed by atoms with Crippen molar-refractivity contribution >= 4 is 22.5 Å². The zero-order valence-corrected chi connectivity index (χ0v) is 18.4. The molecule has 2 aromatic heterocycles. The summed E-state index contributed by atoms with van der Waals surface area (Å²) in [6.07, 6.45) is 0.350. The van der Waals surface area contributed by atoms with Gasteiger partial charge in [-0.2, -0.15) is 10.2 Å². The van der Waals surface area contributed by atoms with E-state index in [4.69, 9.17) is 0 Å². The molecule has 0 fully saturated rings. The van der Waals surface area contributed by atoms with Crippen LogP contribution in [-0.2, 0) is 4.79 Å². The van der Waals surface area contributed by atoms with Crippen LogP contribution < -0.4 is 10.9 Å². The number of benzene rings is 2. The molecule has 0 saturated heterocycles. The number of hydrogen-bond acceptors (Lipinski definition) is 4. The molecule has 4 rings (SSSR count). The first-order chi connectivity index (χ1) is 15.3. The Labute approximate surface area is 184 Å². The summed E-state index contributed by atoms with van der Waals surface area (Å²) >= 11 is 0. The predicted octanol–water partition coefficient (Wildman–Crippen LogP) is 4.24. The van der Waals surface area contributed by atoms with Gasteiger partial charge in [0.15, 0.2) is 5.52 Å². The van der Waals surface area contributed by atoms with Crippen molar-refractivity contribution in [3.63, 3.8) is 0 Å². The van der Waals surface area contributed by atoms with Gasteiger partial charge in [0, 0.05) is 5.69 Å². The van der Waals surface area contributed by atoms with Gasteiger partial charge in [-0.3, -0.25) is 9.59 Å². The number of aromatic nitrogens is 4. The summed E-state index contributed by atoms with van der Waals surface area (Å²) in [6, 6.07) is 12.5. The lowest BCUT2D eigenvalue weighted by Gasteiger charge is -2.17. The molecule has 0 aliphatic rings. The molecule has 0 aliphatic heterocycles. The molecule has 4 aromatic rings. The number of nitrogens with zero attached hydrogens (tertiary/aromatic N) is 4. The maximum atomic E-state index is 13.3. The SMILES string of the molecule is CCC(C(=O)Nc1ccc(F)cc1)n1nc(C)c2c(C)n(-c3ccc(C)cc3)nc2c1=O. The van der Waals surface area contributed by atoms with Gasteiger partial charge in [-0.25, -0.2) is 13.8 Å².